The summed E-state index contributed by atoms with van der Waals surface area (Å²) < 4.78 is 13.0. The van der Waals surface area contributed by atoms with Crippen molar-refractivity contribution in [1.82, 2.24) is 20.2 Å². The molecule has 0 saturated carbocycles. The van der Waals surface area contributed by atoms with E-state index in [2.05, 4.69) is 15.5 Å². The van der Waals surface area contributed by atoms with E-state index >= 15 is 0 Å². The van der Waals surface area contributed by atoms with Crippen molar-refractivity contribution in [2.75, 3.05) is 30.4 Å². The van der Waals surface area contributed by atoms with Gasteiger partial charge in [0, 0.05) is 18.3 Å². The predicted molar refractivity (Wildman–Crippen MR) is 135 cm³/mol. The van der Waals surface area contributed by atoms with Crippen molar-refractivity contribution in [3.05, 3.63) is 90.5 Å². The number of rotatable bonds is 8. The average Bonchev–Trinajstić information content (AvgIpc) is 3.39. The second-order valence-corrected chi connectivity index (χ2v) is 8.59. The third-order valence-corrected chi connectivity index (χ3v) is 6.21. The first-order valence-electron chi connectivity index (χ1n) is 11.2. The van der Waals surface area contributed by atoms with Crippen LogP contribution in [0.5, 0.6) is 11.5 Å². The molecule has 4 aromatic rings. The van der Waals surface area contributed by atoms with E-state index in [-0.39, 0.29) is 11.7 Å². The fourth-order valence-corrected chi connectivity index (χ4v) is 4.38. The van der Waals surface area contributed by atoms with Gasteiger partial charge in [0.2, 0.25) is 11.1 Å². The summed E-state index contributed by atoms with van der Waals surface area (Å²) in [7, 11) is 0. The van der Waals surface area contributed by atoms with Gasteiger partial charge >= 0.3 is 0 Å². The summed E-state index contributed by atoms with van der Waals surface area (Å²) in [6.07, 6.45) is 3.98. The van der Waals surface area contributed by atoms with Crippen molar-refractivity contribution < 1.29 is 14.3 Å². The van der Waals surface area contributed by atoms with Crippen LogP contribution in [-0.4, -0.2) is 51.6 Å². The lowest BCUT2D eigenvalue weighted by molar-refractivity contribution is -0.116. The summed E-state index contributed by atoms with van der Waals surface area (Å²) in [5, 5.41) is 12.5. The number of anilines is 1. The first-order chi connectivity index (χ1) is 17.3. The smallest absolute Gasteiger partial charge is 0.237 e. The van der Waals surface area contributed by atoms with Crippen LogP contribution >= 0.6 is 11.8 Å². The molecule has 2 heterocycles. The van der Waals surface area contributed by atoms with E-state index < -0.39 is 0 Å². The van der Waals surface area contributed by atoms with Gasteiger partial charge < -0.3 is 14.4 Å². The number of nitrogens with zero attached hydrogens (tertiary/aromatic N) is 5. The van der Waals surface area contributed by atoms with Gasteiger partial charge in [-0.1, -0.05) is 72.4 Å². The molecule has 0 bridgehead atoms. The molecule has 5 rings (SSSR count). The van der Waals surface area contributed by atoms with Crippen LogP contribution in [0.2, 0.25) is 0 Å². The number of aromatic nitrogens is 4. The third-order valence-electron chi connectivity index (χ3n) is 5.30. The molecule has 8 nitrogen and oxygen atoms in total. The highest BCUT2D eigenvalue weighted by molar-refractivity contribution is 7.99. The molecule has 176 valence electrons. The second kappa shape index (κ2) is 10.9. The largest absolute Gasteiger partial charge is 0.486 e. The second-order valence-electron chi connectivity index (χ2n) is 7.64. The van der Waals surface area contributed by atoms with Crippen LogP contribution in [0.1, 0.15) is 5.56 Å². The Morgan fingerprint density at radius 2 is 1.71 bits per heavy atom. The lowest BCUT2D eigenvalue weighted by Gasteiger charge is -2.24. The Morgan fingerprint density at radius 3 is 2.51 bits per heavy atom. The molecule has 0 saturated heterocycles. The van der Waals surface area contributed by atoms with E-state index in [1.54, 1.807) is 9.58 Å². The fraction of sp³-hybridized carbons (Fsp3) is 0.154. The average molecular weight is 486 g/mol. The number of para-hydroxylation sites is 1. The number of amides is 1. The van der Waals surface area contributed by atoms with Crippen molar-refractivity contribution in [3.63, 3.8) is 0 Å². The SMILES string of the molecule is O=C(CSc1nnnn1-c1ccccc1)N(C/C=C/c1ccccc1)c1ccc2c(c1)OCCO2. The minimum atomic E-state index is -0.0769. The summed E-state index contributed by atoms with van der Waals surface area (Å²) in [4.78, 5) is 15.1. The number of thioether (sulfide) groups is 1. The maximum Gasteiger partial charge on any atom is 0.237 e. The highest BCUT2D eigenvalue weighted by Crippen LogP contribution is 2.34. The molecule has 0 unspecified atom stereocenters. The number of carbonyl (C=O) groups is 1. The third kappa shape index (κ3) is 5.52. The monoisotopic (exact) mass is 485 g/mol. The number of hydrogen-bond donors (Lipinski definition) is 0. The zero-order valence-corrected chi connectivity index (χ0v) is 19.7. The minimum Gasteiger partial charge on any atom is -0.486 e. The van der Waals surface area contributed by atoms with Crippen molar-refractivity contribution in [3.8, 4) is 17.2 Å². The zero-order chi connectivity index (χ0) is 23.9. The Kier molecular flexibility index (Phi) is 7.05. The van der Waals surface area contributed by atoms with Gasteiger partial charge in [0.1, 0.15) is 13.2 Å². The predicted octanol–water partition coefficient (Wildman–Crippen LogP) is 4.27. The maximum atomic E-state index is 13.4. The molecule has 0 N–H and O–H groups in total. The van der Waals surface area contributed by atoms with E-state index in [4.69, 9.17) is 9.47 Å². The number of carbonyl (C=O) groups excluding carboxylic acids is 1. The molecule has 3 aromatic carbocycles. The summed E-state index contributed by atoms with van der Waals surface area (Å²) >= 11 is 1.29. The molecule has 1 aromatic heterocycles. The Morgan fingerprint density at radius 1 is 0.971 bits per heavy atom. The van der Waals surface area contributed by atoms with Crippen molar-refractivity contribution in [1.29, 1.82) is 0 Å². The standard InChI is InChI=1S/C26H23N5O3S/c32-25(19-35-26-27-28-29-31(26)21-11-5-2-6-12-21)30(15-7-10-20-8-3-1-4-9-20)22-13-14-23-24(18-22)34-17-16-33-23/h1-14,18H,15-17,19H2/b10-7+. The molecule has 1 aliphatic rings. The highest BCUT2D eigenvalue weighted by Gasteiger charge is 2.20. The topological polar surface area (TPSA) is 82.4 Å². The Hall–Kier alpha value is -4.11. The van der Waals surface area contributed by atoms with E-state index in [1.165, 1.54) is 11.8 Å². The molecule has 35 heavy (non-hydrogen) atoms. The fourth-order valence-electron chi connectivity index (χ4n) is 3.61. The van der Waals surface area contributed by atoms with Gasteiger partial charge in [-0.3, -0.25) is 4.79 Å². The summed E-state index contributed by atoms with van der Waals surface area (Å²) in [6.45, 7) is 1.40. The van der Waals surface area contributed by atoms with Gasteiger partial charge in [0.25, 0.3) is 0 Å². The van der Waals surface area contributed by atoms with E-state index in [0.29, 0.717) is 36.4 Å². The molecular weight excluding hydrogens is 462 g/mol. The van der Waals surface area contributed by atoms with E-state index in [1.807, 2.05) is 91.0 Å². The Bertz CT molecular complexity index is 1310. The van der Waals surface area contributed by atoms with E-state index in [0.717, 1.165) is 16.9 Å². The number of fused-ring (bicyclic) bond motifs is 1. The Labute approximate surface area is 207 Å². The maximum absolute atomic E-state index is 13.4. The minimum absolute atomic E-state index is 0.0769. The van der Waals surface area contributed by atoms with E-state index in [9.17, 15) is 4.79 Å². The highest BCUT2D eigenvalue weighted by atomic mass is 32.2. The van der Waals surface area contributed by atoms with Crippen molar-refractivity contribution in [2.45, 2.75) is 5.16 Å². The summed E-state index contributed by atoms with van der Waals surface area (Å²) in [6, 6.07) is 25.1. The van der Waals surface area contributed by atoms with Crippen LogP contribution in [0.4, 0.5) is 5.69 Å². The number of hydrogen-bond acceptors (Lipinski definition) is 7. The van der Waals surface area contributed by atoms with Crippen LogP contribution in [0.15, 0.2) is 90.1 Å². The van der Waals surface area contributed by atoms with Crippen molar-refractivity contribution in [2.24, 2.45) is 0 Å². The number of benzene rings is 3. The normalized spacial score (nSPS) is 12.6. The quantitative estimate of drug-likeness (QED) is 0.345. The number of tetrazole rings is 1. The van der Waals surface area contributed by atoms with Gasteiger partial charge in [-0.2, -0.15) is 4.68 Å². The van der Waals surface area contributed by atoms with Crippen LogP contribution < -0.4 is 14.4 Å². The van der Waals surface area contributed by atoms with Crippen LogP contribution in [0.25, 0.3) is 11.8 Å². The molecule has 1 aliphatic heterocycles. The Balaban J connectivity index is 1.35. The van der Waals surface area contributed by atoms with Gasteiger partial charge in [0.15, 0.2) is 11.5 Å². The zero-order valence-electron chi connectivity index (χ0n) is 18.9. The van der Waals surface area contributed by atoms with Crippen LogP contribution in [0, 0.1) is 0 Å². The molecular formula is C26H23N5O3S. The molecule has 0 spiro atoms. The lowest BCUT2D eigenvalue weighted by Crippen LogP contribution is -2.33. The molecule has 1 amide bonds. The number of ether oxygens (including phenoxy) is 2. The molecule has 0 atom stereocenters. The van der Waals surface area contributed by atoms with Crippen LogP contribution in [-0.2, 0) is 4.79 Å². The molecule has 0 radical (unpaired) electrons. The lowest BCUT2D eigenvalue weighted by atomic mass is 10.2. The molecule has 0 fully saturated rings. The van der Waals surface area contributed by atoms with Gasteiger partial charge in [-0.05, 0) is 40.3 Å². The summed E-state index contributed by atoms with van der Waals surface area (Å²) in [5.41, 5.74) is 2.64. The summed E-state index contributed by atoms with van der Waals surface area (Å²) in [5.74, 6) is 1.41. The first-order valence-corrected chi connectivity index (χ1v) is 12.1. The molecule has 9 heteroatoms. The van der Waals surface area contributed by atoms with Crippen LogP contribution in [0.3, 0.4) is 0 Å². The van der Waals surface area contributed by atoms with Crippen molar-refractivity contribution >= 4 is 29.4 Å². The van der Waals surface area contributed by atoms with Gasteiger partial charge in [0.05, 0.1) is 11.4 Å². The first kappa shape index (κ1) is 22.7. The van der Waals surface area contributed by atoms with Gasteiger partial charge in [-0.15, -0.1) is 5.10 Å². The van der Waals surface area contributed by atoms with Gasteiger partial charge in [-0.25, -0.2) is 0 Å². The molecule has 0 aliphatic carbocycles.